The van der Waals surface area contributed by atoms with Gasteiger partial charge < -0.3 is 15.4 Å². The number of anilines is 1. The second-order valence-electron chi connectivity index (χ2n) is 6.81. The number of esters is 1. The highest BCUT2D eigenvalue weighted by Crippen LogP contribution is 2.38. The Morgan fingerprint density at radius 3 is 2.73 bits per heavy atom. The van der Waals surface area contributed by atoms with Crippen LogP contribution in [0.1, 0.15) is 73.3 Å². The van der Waals surface area contributed by atoms with Gasteiger partial charge in [0, 0.05) is 23.9 Å². The molecule has 6 heteroatoms. The molecular weight excluding hydrogens is 348 g/mol. The van der Waals surface area contributed by atoms with E-state index < -0.39 is 0 Å². The van der Waals surface area contributed by atoms with Crippen molar-refractivity contribution in [2.75, 3.05) is 18.6 Å². The number of hydrogen-bond donors (Lipinski definition) is 1. The van der Waals surface area contributed by atoms with Crippen molar-refractivity contribution < 1.29 is 14.3 Å². The zero-order valence-corrected chi connectivity index (χ0v) is 16.9. The van der Waals surface area contributed by atoms with E-state index in [4.69, 9.17) is 10.5 Å². The summed E-state index contributed by atoms with van der Waals surface area (Å²) in [6.07, 6.45) is 8.76. The summed E-state index contributed by atoms with van der Waals surface area (Å²) >= 11 is 1.43. The molecule has 1 aliphatic rings. The van der Waals surface area contributed by atoms with Gasteiger partial charge in [-0.05, 0) is 57.1 Å². The SMILES string of the molecule is CCC(=O)N(CCCC(C)N)c1cc(C2=CCCCC2)sc1C(=O)OC. The van der Waals surface area contributed by atoms with Crippen molar-refractivity contribution in [3.8, 4) is 0 Å². The average Bonchev–Trinajstić information content (AvgIpc) is 3.09. The van der Waals surface area contributed by atoms with Crippen LogP contribution in [0.15, 0.2) is 12.1 Å². The van der Waals surface area contributed by atoms with Crippen molar-refractivity contribution in [3.05, 3.63) is 21.9 Å². The predicted molar refractivity (Wildman–Crippen MR) is 108 cm³/mol. The number of methoxy groups -OCH3 is 1. The molecule has 0 fully saturated rings. The van der Waals surface area contributed by atoms with Crippen LogP contribution in [-0.4, -0.2) is 31.6 Å². The van der Waals surface area contributed by atoms with Crippen LogP contribution in [0, 0.1) is 0 Å². The third kappa shape index (κ3) is 5.17. The molecule has 1 atom stereocenters. The minimum Gasteiger partial charge on any atom is -0.465 e. The Kier molecular flexibility index (Phi) is 7.85. The van der Waals surface area contributed by atoms with Crippen molar-refractivity contribution in [1.82, 2.24) is 0 Å². The van der Waals surface area contributed by atoms with Gasteiger partial charge in [-0.15, -0.1) is 11.3 Å². The first-order valence-electron chi connectivity index (χ1n) is 9.45. The minimum atomic E-state index is -0.381. The third-order valence-electron chi connectivity index (χ3n) is 4.63. The summed E-state index contributed by atoms with van der Waals surface area (Å²) in [4.78, 5) is 28.2. The predicted octanol–water partition coefficient (Wildman–Crippen LogP) is 4.36. The van der Waals surface area contributed by atoms with E-state index in [0.29, 0.717) is 23.5 Å². The molecule has 0 spiro atoms. The number of carbonyl (C=O) groups excluding carboxylic acids is 2. The molecular formula is C20H30N2O3S. The summed E-state index contributed by atoms with van der Waals surface area (Å²) in [6, 6.07) is 2.09. The molecule has 2 rings (SSSR count). The van der Waals surface area contributed by atoms with Crippen LogP contribution in [0.4, 0.5) is 5.69 Å². The fourth-order valence-corrected chi connectivity index (χ4v) is 4.33. The van der Waals surface area contributed by atoms with E-state index in [0.717, 1.165) is 30.6 Å². The Balaban J connectivity index is 2.37. The Labute approximate surface area is 160 Å². The lowest BCUT2D eigenvalue weighted by atomic mass is 9.98. The van der Waals surface area contributed by atoms with Crippen molar-refractivity contribution in [3.63, 3.8) is 0 Å². The maximum absolute atomic E-state index is 12.6. The van der Waals surface area contributed by atoms with Gasteiger partial charge in [0.15, 0.2) is 0 Å². The van der Waals surface area contributed by atoms with Crippen LogP contribution >= 0.6 is 11.3 Å². The number of nitrogens with zero attached hydrogens (tertiary/aromatic N) is 1. The lowest BCUT2D eigenvalue weighted by Gasteiger charge is -2.22. The van der Waals surface area contributed by atoms with E-state index in [9.17, 15) is 9.59 Å². The standard InChI is InChI=1S/C20H30N2O3S/c1-4-18(23)22(12-8-9-14(2)21)16-13-17(15-10-6-5-7-11-15)26-19(16)20(24)25-3/h10,13-14H,4-9,11-12,21H2,1-3H3. The third-order valence-corrected chi connectivity index (χ3v) is 5.81. The largest absolute Gasteiger partial charge is 0.465 e. The number of ether oxygens (including phenoxy) is 1. The monoisotopic (exact) mass is 378 g/mol. The quantitative estimate of drug-likeness (QED) is 0.682. The van der Waals surface area contributed by atoms with Crippen LogP contribution in [0.3, 0.4) is 0 Å². The molecule has 0 aliphatic heterocycles. The number of carbonyl (C=O) groups is 2. The van der Waals surface area contributed by atoms with Crippen molar-refractivity contribution >= 4 is 34.5 Å². The molecule has 1 unspecified atom stereocenters. The van der Waals surface area contributed by atoms with Crippen LogP contribution in [0.5, 0.6) is 0 Å². The summed E-state index contributed by atoms with van der Waals surface area (Å²) in [6.45, 7) is 4.37. The number of allylic oxidation sites excluding steroid dienone is 2. The van der Waals surface area contributed by atoms with Crippen LogP contribution in [0.25, 0.3) is 5.57 Å². The molecule has 144 valence electrons. The Bertz CT molecular complexity index is 664. The number of thiophene rings is 1. The summed E-state index contributed by atoms with van der Waals surface area (Å²) in [7, 11) is 1.38. The summed E-state index contributed by atoms with van der Waals surface area (Å²) in [5.74, 6) is -0.365. The summed E-state index contributed by atoms with van der Waals surface area (Å²) < 4.78 is 4.98. The fourth-order valence-electron chi connectivity index (χ4n) is 3.18. The van der Waals surface area contributed by atoms with Gasteiger partial charge in [-0.1, -0.05) is 13.0 Å². The van der Waals surface area contributed by atoms with Crippen molar-refractivity contribution in [1.29, 1.82) is 0 Å². The summed E-state index contributed by atoms with van der Waals surface area (Å²) in [5.41, 5.74) is 7.80. The normalized spacial score (nSPS) is 15.3. The van der Waals surface area contributed by atoms with E-state index in [1.54, 1.807) is 4.90 Å². The van der Waals surface area contributed by atoms with Gasteiger partial charge in [-0.25, -0.2) is 4.79 Å². The zero-order valence-electron chi connectivity index (χ0n) is 16.0. The van der Waals surface area contributed by atoms with Gasteiger partial charge in [0.2, 0.25) is 5.91 Å². The van der Waals surface area contributed by atoms with E-state index >= 15 is 0 Å². The van der Waals surface area contributed by atoms with E-state index in [1.807, 2.05) is 19.9 Å². The molecule has 0 saturated carbocycles. The Hall–Kier alpha value is -1.66. The molecule has 0 saturated heterocycles. The molecule has 1 heterocycles. The highest BCUT2D eigenvalue weighted by atomic mass is 32.1. The molecule has 0 aromatic carbocycles. The molecule has 0 bridgehead atoms. The maximum atomic E-state index is 12.6. The Morgan fingerprint density at radius 1 is 1.38 bits per heavy atom. The second-order valence-corrected chi connectivity index (χ2v) is 7.86. The highest BCUT2D eigenvalue weighted by Gasteiger charge is 2.26. The molecule has 1 aromatic rings. The number of hydrogen-bond acceptors (Lipinski definition) is 5. The fraction of sp³-hybridized carbons (Fsp3) is 0.600. The van der Waals surface area contributed by atoms with Gasteiger partial charge in [-0.3, -0.25) is 4.79 Å². The molecule has 5 nitrogen and oxygen atoms in total. The molecule has 1 amide bonds. The number of amides is 1. The van der Waals surface area contributed by atoms with Gasteiger partial charge in [0.05, 0.1) is 12.8 Å². The van der Waals surface area contributed by atoms with Gasteiger partial charge >= 0.3 is 5.97 Å². The lowest BCUT2D eigenvalue weighted by molar-refractivity contribution is -0.118. The minimum absolute atomic E-state index is 0.0156. The molecule has 1 aromatic heterocycles. The lowest BCUT2D eigenvalue weighted by Crippen LogP contribution is -2.33. The van der Waals surface area contributed by atoms with Gasteiger partial charge in [0.1, 0.15) is 4.88 Å². The zero-order chi connectivity index (χ0) is 19.1. The highest BCUT2D eigenvalue weighted by molar-refractivity contribution is 7.15. The van der Waals surface area contributed by atoms with E-state index in [2.05, 4.69) is 6.08 Å². The van der Waals surface area contributed by atoms with Crippen LogP contribution < -0.4 is 10.6 Å². The molecule has 0 radical (unpaired) electrons. The second kappa shape index (κ2) is 9.88. The first kappa shape index (κ1) is 20.6. The number of rotatable bonds is 8. The van der Waals surface area contributed by atoms with Crippen LogP contribution in [0.2, 0.25) is 0 Å². The first-order chi connectivity index (χ1) is 12.5. The maximum Gasteiger partial charge on any atom is 0.350 e. The van der Waals surface area contributed by atoms with Crippen molar-refractivity contribution in [2.24, 2.45) is 5.73 Å². The smallest absolute Gasteiger partial charge is 0.350 e. The first-order valence-corrected chi connectivity index (χ1v) is 10.3. The van der Waals surface area contributed by atoms with Crippen LogP contribution in [-0.2, 0) is 9.53 Å². The molecule has 1 aliphatic carbocycles. The van der Waals surface area contributed by atoms with E-state index in [-0.39, 0.29) is 17.9 Å². The summed E-state index contributed by atoms with van der Waals surface area (Å²) in [5, 5.41) is 0. The average molecular weight is 379 g/mol. The van der Waals surface area contributed by atoms with Gasteiger partial charge in [-0.2, -0.15) is 0 Å². The molecule has 2 N–H and O–H groups in total. The molecule has 26 heavy (non-hydrogen) atoms. The topological polar surface area (TPSA) is 72.6 Å². The Morgan fingerprint density at radius 2 is 2.15 bits per heavy atom. The number of nitrogens with two attached hydrogens (primary N) is 1. The van der Waals surface area contributed by atoms with Gasteiger partial charge in [0.25, 0.3) is 0 Å². The van der Waals surface area contributed by atoms with E-state index in [1.165, 1.54) is 36.9 Å². The van der Waals surface area contributed by atoms with Crippen molar-refractivity contribution in [2.45, 2.75) is 64.8 Å².